The van der Waals surface area contributed by atoms with E-state index in [-0.39, 0.29) is 16.8 Å². The van der Waals surface area contributed by atoms with Crippen LogP contribution in [0.3, 0.4) is 0 Å². The zero-order valence-electron chi connectivity index (χ0n) is 11.4. The van der Waals surface area contributed by atoms with Gasteiger partial charge in [-0.25, -0.2) is 9.18 Å². The Morgan fingerprint density at radius 3 is 2.57 bits per heavy atom. The van der Waals surface area contributed by atoms with Crippen molar-refractivity contribution in [1.82, 2.24) is 9.55 Å². The van der Waals surface area contributed by atoms with Crippen molar-refractivity contribution >= 4 is 11.6 Å². The van der Waals surface area contributed by atoms with Crippen LogP contribution in [0.4, 0.5) is 4.39 Å². The van der Waals surface area contributed by atoms with Gasteiger partial charge in [0.1, 0.15) is 11.0 Å². The van der Waals surface area contributed by atoms with Crippen LogP contribution in [-0.2, 0) is 0 Å². The first-order valence-electron chi connectivity index (χ1n) is 6.83. The van der Waals surface area contributed by atoms with Gasteiger partial charge in [0.2, 0.25) is 0 Å². The van der Waals surface area contributed by atoms with Crippen LogP contribution in [0.2, 0.25) is 5.15 Å². The molecule has 1 fully saturated rings. The van der Waals surface area contributed by atoms with Crippen LogP contribution >= 0.6 is 11.6 Å². The average molecular weight is 309 g/mol. The molecule has 2 aromatic rings. The highest BCUT2D eigenvalue weighted by molar-refractivity contribution is 6.32. The lowest BCUT2D eigenvalue weighted by Crippen LogP contribution is -2.36. The fourth-order valence-corrected chi connectivity index (χ4v) is 2.95. The van der Waals surface area contributed by atoms with Crippen LogP contribution in [0.5, 0.6) is 0 Å². The summed E-state index contributed by atoms with van der Waals surface area (Å²) in [6, 6.07) is 5.40. The molecule has 0 spiro atoms. The summed E-state index contributed by atoms with van der Waals surface area (Å²) in [5.41, 5.74) is -0.212. The molecule has 3 rings (SSSR count). The molecule has 1 heterocycles. The number of nitrogens with zero attached hydrogens (tertiary/aromatic N) is 1. The third kappa shape index (κ3) is 2.42. The van der Waals surface area contributed by atoms with Crippen molar-refractivity contribution in [3.63, 3.8) is 0 Å². The molecule has 4 nitrogen and oxygen atoms in total. The third-order valence-corrected chi connectivity index (χ3v) is 4.25. The number of aromatic amines is 1. The molecule has 0 radical (unpaired) electrons. The number of hydrogen-bond donors (Lipinski definition) is 1. The fourth-order valence-electron chi connectivity index (χ4n) is 2.68. The number of rotatable bonds is 3. The second-order valence-electron chi connectivity index (χ2n) is 5.27. The minimum Gasteiger partial charge on any atom is -0.297 e. The van der Waals surface area contributed by atoms with Gasteiger partial charge in [0.05, 0.1) is 5.56 Å². The van der Waals surface area contributed by atoms with Crippen molar-refractivity contribution in [3.8, 4) is 11.1 Å². The SMILES string of the molecule is CCC1CC1n1c(=O)[nH]c(Cl)c(-c2ccc(F)cc2)c1=O. The maximum Gasteiger partial charge on any atom is 0.329 e. The van der Waals surface area contributed by atoms with E-state index >= 15 is 0 Å². The zero-order valence-corrected chi connectivity index (χ0v) is 12.2. The predicted molar refractivity (Wildman–Crippen MR) is 79.2 cm³/mol. The molecule has 6 heteroatoms. The van der Waals surface area contributed by atoms with Crippen LogP contribution in [0.15, 0.2) is 33.9 Å². The summed E-state index contributed by atoms with van der Waals surface area (Å²) in [5, 5.41) is -0.0124. The third-order valence-electron chi connectivity index (χ3n) is 3.96. The van der Waals surface area contributed by atoms with E-state index in [0.29, 0.717) is 11.5 Å². The maximum absolute atomic E-state index is 13.0. The number of benzene rings is 1. The summed E-state index contributed by atoms with van der Waals surface area (Å²) < 4.78 is 14.2. The van der Waals surface area contributed by atoms with Gasteiger partial charge in [0.25, 0.3) is 5.56 Å². The topological polar surface area (TPSA) is 54.9 Å². The van der Waals surface area contributed by atoms with Crippen LogP contribution in [0.1, 0.15) is 25.8 Å². The molecule has 0 aliphatic heterocycles. The van der Waals surface area contributed by atoms with Gasteiger partial charge in [-0.1, -0.05) is 37.1 Å². The lowest BCUT2D eigenvalue weighted by Gasteiger charge is -2.09. The second kappa shape index (κ2) is 5.15. The van der Waals surface area contributed by atoms with Gasteiger partial charge >= 0.3 is 5.69 Å². The van der Waals surface area contributed by atoms with Gasteiger partial charge in [-0.15, -0.1) is 0 Å². The molecule has 1 aliphatic rings. The molecule has 21 heavy (non-hydrogen) atoms. The summed E-state index contributed by atoms with van der Waals surface area (Å²) in [6.07, 6.45) is 1.75. The standard InChI is InChI=1S/C15H14ClFN2O2/c1-2-8-7-11(8)19-14(20)12(13(16)18-15(19)21)9-3-5-10(17)6-4-9/h3-6,8,11H,2,7H2,1H3,(H,18,21). The molecule has 0 bridgehead atoms. The Bertz CT molecular complexity index is 795. The number of halogens is 2. The quantitative estimate of drug-likeness (QED) is 0.886. The van der Waals surface area contributed by atoms with E-state index in [0.717, 1.165) is 12.8 Å². The number of aromatic nitrogens is 2. The van der Waals surface area contributed by atoms with E-state index in [9.17, 15) is 14.0 Å². The number of H-pyrrole nitrogens is 1. The Hall–Kier alpha value is -1.88. The summed E-state index contributed by atoms with van der Waals surface area (Å²) in [5.74, 6) is -0.0427. The Kier molecular flexibility index (Phi) is 3.45. The Balaban J connectivity index is 2.18. The Morgan fingerprint density at radius 2 is 2.00 bits per heavy atom. The van der Waals surface area contributed by atoms with Crippen LogP contribution in [-0.4, -0.2) is 9.55 Å². The summed E-state index contributed by atoms with van der Waals surface area (Å²) in [6.45, 7) is 2.03. The smallest absolute Gasteiger partial charge is 0.297 e. The van der Waals surface area contributed by atoms with Crippen LogP contribution in [0.25, 0.3) is 11.1 Å². The number of nitrogens with one attached hydrogen (secondary N) is 1. The van der Waals surface area contributed by atoms with Crippen molar-refractivity contribution in [3.05, 3.63) is 56.1 Å². The molecule has 1 aliphatic carbocycles. The Morgan fingerprint density at radius 1 is 1.33 bits per heavy atom. The van der Waals surface area contributed by atoms with E-state index in [4.69, 9.17) is 11.6 Å². The lowest BCUT2D eigenvalue weighted by molar-refractivity contribution is 0.592. The molecule has 0 saturated heterocycles. The molecule has 1 aromatic heterocycles. The van der Waals surface area contributed by atoms with E-state index < -0.39 is 17.1 Å². The summed E-state index contributed by atoms with van der Waals surface area (Å²) >= 11 is 6.01. The minimum atomic E-state index is -0.489. The molecule has 2 atom stereocenters. The van der Waals surface area contributed by atoms with Gasteiger partial charge in [-0.2, -0.15) is 0 Å². The predicted octanol–water partition coefficient (Wildman–Crippen LogP) is 2.97. The van der Waals surface area contributed by atoms with E-state index in [2.05, 4.69) is 4.98 Å². The highest BCUT2D eigenvalue weighted by Crippen LogP contribution is 2.44. The molecular weight excluding hydrogens is 295 g/mol. The summed E-state index contributed by atoms with van der Waals surface area (Å²) in [4.78, 5) is 27.1. The first-order chi connectivity index (χ1) is 10.0. The van der Waals surface area contributed by atoms with Crippen LogP contribution in [0, 0.1) is 11.7 Å². The monoisotopic (exact) mass is 308 g/mol. The molecule has 1 saturated carbocycles. The highest BCUT2D eigenvalue weighted by atomic mass is 35.5. The van der Waals surface area contributed by atoms with Crippen molar-refractivity contribution in [2.45, 2.75) is 25.8 Å². The van der Waals surface area contributed by atoms with Gasteiger partial charge in [0, 0.05) is 6.04 Å². The minimum absolute atomic E-state index is 0.0124. The van der Waals surface area contributed by atoms with E-state index in [1.807, 2.05) is 6.92 Å². The largest absolute Gasteiger partial charge is 0.329 e. The maximum atomic E-state index is 13.0. The first kappa shape index (κ1) is 14.1. The molecule has 110 valence electrons. The second-order valence-corrected chi connectivity index (χ2v) is 5.65. The van der Waals surface area contributed by atoms with Gasteiger partial charge < -0.3 is 0 Å². The molecule has 1 aromatic carbocycles. The lowest BCUT2D eigenvalue weighted by atomic mass is 10.1. The molecular formula is C15H14ClFN2O2. The first-order valence-corrected chi connectivity index (χ1v) is 7.21. The van der Waals surface area contributed by atoms with Crippen molar-refractivity contribution < 1.29 is 4.39 Å². The van der Waals surface area contributed by atoms with Gasteiger partial charge in [-0.3, -0.25) is 14.3 Å². The molecule has 1 N–H and O–H groups in total. The molecule has 0 amide bonds. The normalized spacial score (nSPS) is 20.5. The fraction of sp³-hybridized carbons (Fsp3) is 0.333. The van der Waals surface area contributed by atoms with E-state index in [1.165, 1.54) is 28.8 Å². The van der Waals surface area contributed by atoms with Gasteiger partial charge in [-0.05, 0) is 30.0 Å². The molecule has 2 unspecified atom stereocenters. The van der Waals surface area contributed by atoms with E-state index in [1.54, 1.807) is 0 Å². The van der Waals surface area contributed by atoms with Crippen LogP contribution < -0.4 is 11.2 Å². The Labute approximate surface area is 125 Å². The van der Waals surface area contributed by atoms with Crippen molar-refractivity contribution in [1.29, 1.82) is 0 Å². The highest BCUT2D eigenvalue weighted by Gasteiger charge is 2.39. The van der Waals surface area contributed by atoms with Gasteiger partial charge in [0.15, 0.2) is 0 Å². The zero-order chi connectivity index (χ0) is 15.1. The van der Waals surface area contributed by atoms with Crippen molar-refractivity contribution in [2.24, 2.45) is 5.92 Å². The van der Waals surface area contributed by atoms with Crippen molar-refractivity contribution in [2.75, 3.05) is 0 Å². The average Bonchev–Trinajstić information content (AvgIpc) is 3.19. The number of hydrogen-bond acceptors (Lipinski definition) is 2. The summed E-state index contributed by atoms with van der Waals surface area (Å²) in [7, 11) is 0.